The quantitative estimate of drug-likeness (QED) is 0.760. The smallest absolute Gasteiger partial charge is 0.181 e. The van der Waals surface area contributed by atoms with Gasteiger partial charge in [-0.3, -0.25) is 0 Å². The minimum atomic E-state index is -3.21. The van der Waals surface area contributed by atoms with Gasteiger partial charge in [-0.1, -0.05) is 11.6 Å². The van der Waals surface area contributed by atoms with E-state index in [1.165, 1.54) is 0 Å². The van der Waals surface area contributed by atoms with Crippen molar-refractivity contribution in [3.05, 3.63) is 28.8 Å². The van der Waals surface area contributed by atoms with Crippen LogP contribution in [0.15, 0.2) is 23.1 Å². The Morgan fingerprint density at radius 2 is 2.13 bits per heavy atom. The lowest BCUT2D eigenvalue weighted by Crippen LogP contribution is -2.31. The summed E-state index contributed by atoms with van der Waals surface area (Å²) < 4.78 is 23.9. The zero-order valence-corrected chi connectivity index (χ0v) is 9.85. The van der Waals surface area contributed by atoms with E-state index in [4.69, 9.17) is 17.3 Å². The van der Waals surface area contributed by atoms with E-state index >= 15 is 0 Å². The summed E-state index contributed by atoms with van der Waals surface area (Å²) in [6.07, 6.45) is 0.454. The standard InChI is InChI=1S/C10H12ClNO2S/c1-6-4-9(12)8-5-7(11)2-3-10(8)15(6,13)14/h2-3,5-6,9H,4,12H2,1H3. The first-order valence-electron chi connectivity index (χ1n) is 4.72. The predicted octanol–water partition coefficient (Wildman–Crippen LogP) is 1.91. The lowest BCUT2D eigenvalue weighted by atomic mass is 10.0. The second kappa shape index (κ2) is 3.47. The summed E-state index contributed by atoms with van der Waals surface area (Å²) in [4.78, 5) is 0.332. The first kappa shape index (κ1) is 10.9. The van der Waals surface area contributed by atoms with Crippen molar-refractivity contribution in [1.82, 2.24) is 0 Å². The van der Waals surface area contributed by atoms with Crippen molar-refractivity contribution in [3.8, 4) is 0 Å². The third-order valence-electron chi connectivity index (χ3n) is 2.79. The van der Waals surface area contributed by atoms with Crippen molar-refractivity contribution < 1.29 is 8.42 Å². The van der Waals surface area contributed by atoms with Gasteiger partial charge in [-0.15, -0.1) is 0 Å². The molecule has 2 atom stereocenters. The predicted molar refractivity (Wildman–Crippen MR) is 59.6 cm³/mol. The highest BCUT2D eigenvalue weighted by Crippen LogP contribution is 2.36. The molecule has 1 heterocycles. The number of sulfone groups is 1. The zero-order chi connectivity index (χ0) is 11.2. The minimum Gasteiger partial charge on any atom is -0.324 e. The Bertz CT molecular complexity index is 498. The fraction of sp³-hybridized carbons (Fsp3) is 0.400. The highest BCUT2D eigenvalue weighted by Gasteiger charge is 2.34. The molecule has 0 saturated carbocycles. The summed E-state index contributed by atoms with van der Waals surface area (Å²) in [5.74, 6) is 0. The van der Waals surface area contributed by atoms with Gasteiger partial charge in [0.1, 0.15) is 0 Å². The van der Waals surface area contributed by atoms with Crippen molar-refractivity contribution in [1.29, 1.82) is 0 Å². The lowest BCUT2D eigenvalue weighted by Gasteiger charge is -2.27. The average Bonchev–Trinajstić information content (AvgIpc) is 2.15. The molecule has 1 aromatic rings. The molecule has 3 nitrogen and oxygen atoms in total. The van der Waals surface area contributed by atoms with Gasteiger partial charge in [0.15, 0.2) is 9.84 Å². The van der Waals surface area contributed by atoms with Crippen LogP contribution < -0.4 is 5.73 Å². The second-order valence-electron chi connectivity index (χ2n) is 3.88. The van der Waals surface area contributed by atoms with E-state index in [-0.39, 0.29) is 6.04 Å². The van der Waals surface area contributed by atoms with E-state index in [0.717, 1.165) is 0 Å². The van der Waals surface area contributed by atoms with Crippen LogP contribution in [0.1, 0.15) is 24.9 Å². The fourth-order valence-electron chi connectivity index (χ4n) is 1.90. The van der Waals surface area contributed by atoms with E-state index in [0.29, 0.717) is 21.9 Å². The van der Waals surface area contributed by atoms with Gasteiger partial charge in [0, 0.05) is 11.1 Å². The Morgan fingerprint density at radius 3 is 2.80 bits per heavy atom. The molecule has 0 aromatic heterocycles. The monoisotopic (exact) mass is 245 g/mol. The molecule has 82 valence electrons. The summed E-state index contributed by atoms with van der Waals surface area (Å²) >= 11 is 5.82. The van der Waals surface area contributed by atoms with Gasteiger partial charge in [0.25, 0.3) is 0 Å². The summed E-state index contributed by atoms with van der Waals surface area (Å²) in [7, 11) is -3.21. The van der Waals surface area contributed by atoms with Crippen molar-refractivity contribution in [3.63, 3.8) is 0 Å². The molecule has 2 N–H and O–H groups in total. The van der Waals surface area contributed by atoms with Crippen LogP contribution in [0.3, 0.4) is 0 Å². The van der Waals surface area contributed by atoms with Crippen LogP contribution in [0.5, 0.6) is 0 Å². The van der Waals surface area contributed by atoms with Gasteiger partial charge in [0.05, 0.1) is 10.1 Å². The van der Waals surface area contributed by atoms with E-state index in [2.05, 4.69) is 0 Å². The normalized spacial score (nSPS) is 28.5. The number of halogens is 1. The summed E-state index contributed by atoms with van der Waals surface area (Å²) in [5.41, 5.74) is 6.54. The summed E-state index contributed by atoms with van der Waals surface area (Å²) in [5, 5.41) is 0.107. The molecule has 0 aliphatic carbocycles. The largest absolute Gasteiger partial charge is 0.324 e. The van der Waals surface area contributed by atoms with Crippen LogP contribution in [0, 0.1) is 0 Å². The summed E-state index contributed by atoms with van der Waals surface area (Å²) in [6.45, 7) is 1.69. The maximum atomic E-state index is 12.0. The lowest BCUT2D eigenvalue weighted by molar-refractivity contribution is 0.537. The second-order valence-corrected chi connectivity index (χ2v) is 6.65. The van der Waals surface area contributed by atoms with Crippen LogP contribution in [0.25, 0.3) is 0 Å². The van der Waals surface area contributed by atoms with Crippen molar-refractivity contribution in [2.75, 3.05) is 0 Å². The molecule has 5 heteroatoms. The first-order chi connectivity index (χ1) is 6.93. The molecule has 1 aliphatic rings. The van der Waals surface area contributed by atoms with Crippen LogP contribution in [0.4, 0.5) is 0 Å². The Kier molecular flexibility index (Phi) is 2.53. The number of rotatable bonds is 0. The average molecular weight is 246 g/mol. The maximum absolute atomic E-state index is 12.0. The third-order valence-corrected chi connectivity index (χ3v) is 5.27. The van der Waals surface area contributed by atoms with Gasteiger partial charge in [-0.05, 0) is 37.1 Å². The van der Waals surface area contributed by atoms with Crippen LogP contribution in [-0.4, -0.2) is 13.7 Å². The molecule has 0 spiro atoms. The van der Waals surface area contributed by atoms with Gasteiger partial charge in [0.2, 0.25) is 0 Å². The SMILES string of the molecule is CC1CC(N)c2cc(Cl)ccc2S1(=O)=O. The number of fused-ring (bicyclic) bond motifs is 1. The fourth-order valence-corrected chi connectivity index (χ4v) is 3.77. The molecule has 0 radical (unpaired) electrons. The van der Waals surface area contributed by atoms with Crippen LogP contribution in [-0.2, 0) is 9.84 Å². The Morgan fingerprint density at radius 1 is 1.47 bits per heavy atom. The van der Waals surface area contributed by atoms with Gasteiger partial charge in [-0.25, -0.2) is 8.42 Å². The molecule has 0 saturated heterocycles. The molecule has 0 amide bonds. The Labute approximate surface area is 94.2 Å². The first-order valence-corrected chi connectivity index (χ1v) is 6.64. The molecule has 15 heavy (non-hydrogen) atoms. The molecule has 2 rings (SSSR count). The molecule has 0 fully saturated rings. The molecular weight excluding hydrogens is 234 g/mol. The molecule has 2 unspecified atom stereocenters. The third kappa shape index (κ3) is 1.67. The van der Waals surface area contributed by atoms with E-state index in [1.807, 2.05) is 0 Å². The van der Waals surface area contributed by atoms with Gasteiger partial charge in [-0.2, -0.15) is 0 Å². The minimum absolute atomic E-state index is 0.239. The number of benzene rings is 1. The van der Waals surface area contributed by atoms with E-state index in [1.54, 1.807) is 25.1 Å². The zero-order valence-electron chi connectivity index (χ0n) is 8.27. The van der Waals surface area contributed by atoms with E-state index in [9.17, 15) is 8.42 Å². The van der Waals surface area contributed by atoms with Gasteiger partial charge >= 0.3 is 0 Å². The highest BCUT2D eigenvalue weighted by molar-refractivity contribution is 7.92. The van der Waals surface area contributed by atoms with Crippen molar-refractivity contribution >= 4 is 21.4 Å². The van der Waals surface area contributed by atoms with E-state index < -0.39 is 15.1 Å². The maximum Gasteiger partial charge on any atom is 0.181 e. The molecule has 1 aromatic carbocycles. The topological polar surface area (TPSA) is 60.2 Å². The molecular formula is C10H12ClNO2S. The molecule has 0 bridgehead atoms. The van der Waals surface area contributed by atoms with Gasteiger partial charge < -0.3 is 5.73 Å². The number of hydrogen-bond donors (Lipinski definition) is 1. The van der Waals surface area contributed by atoms with Crippen LogP contribution in [0.2, 0.25) is 5.02 Å². The highest BCUT2D eigenvalue weighted by atomic mass is 35.5. The van der Waals surface area contributed by atoms with Crippen LogP contribution >= 0.6 is 11.6 Å². The Balaban J connectivity index is 2.70. The Hall–Kier alpha value is -0.580. The van der Waals surface area contributed by atoms with Crippen molar-refractivity contribution in [2.24, 2.45) is 5.73 Å². The molecule has 1 aliphatic heterocycles. The van der Waals surface area contributed by atoms with Crippen molar-refractivity contribution in [2.45, 2.75) is 29.5 Å². The summed E-state index contributed by atoms with van der Waals surface area (Å²) in [6, 6.07) is 4.54. The number of hydrogen-bond acceptors (Lipinski definition) is 3. The number of nitrogens with two attached hydrogens (primary N) is 1.